The summed E-state index contributed by atoms with van der Waals surface area (Å²) in [6.07, 6.45) is 0.981. The van der Waals surface area contributed by atoms with Crippen LogP contribution in [0, 0.1) is 0 Å². The molecule has 2 aliphatic heterocycles. The van der Waals surface area contributed by atoms with E-state index in [0.717, 1.165) is 11.3 Å². The first-order chi connectivity index (χ1) is 15.0. The first kappa shape index (κ1) is 21.0. The molecular weight excluding hydrogens is 398 g/mol. The lowest BCUT2D eigenvalue weighted by molar-refractivity contribution is -0.139. The van der Waals surface area contributed by atoms with E-state index in [-0.39, 0.29) is 30.6 Å². The minimum atomic E-state index is -0.292. The highest BCUT2D eigenvalue weighted by molar-refractivity contribution is 6.04. The molecule has 2 aromatic rings. The van der Waals surface area contributed by atoms with E-state index in [9.17, 15) is 14.4 Å². The number of hydrogen-bond donors (Lipinski definition) is 1. The molecule has 9 nitrogen and oxygen atoms in total. The molecule has 0 unspecified atom stereocenters. The van der Waals surface area contributed by atoms with Crippen molar-refractivity contribution >= 4 is 23.4 Å². The summed E-state index contributed by atoms with van der Waals surface area (Å²) >= 11 is 0. The number of nitrogens with one attached hydrogen (secondary N) is 1. The highest BCUT2D eigenvalue weighted by Gasteiger charge is 2.29. The zero-order chi connectivity index (χ0) is 21.8. The Morgan fingerprint density at radius 3 is 2.39 bits per heavy atom. The molecule has 0 radical (unpaired) electrons. The summed E-state index contributed by atoms with van der Waals surface area (Å²) in [5.41, 5.74) is 2.77. The quantitative estimate of drug-likeness (QED) is 0.776. The number of nitrogens with zero attached hydrogens (tertiary/aromatic N) is 4. The van der Waals surface area contributed by atoms with Crippen molar-refractivity contribution in [2.24, 2.45) is 7.05 Å². The van der Waals surface area contributed by atoms with Gasteiger partial charge in [-0.15, -0.1) is 0 Å². The van der Waals surface area contributed by atoms with Crippen LogP contribution in [-0.2, 0) is 34.3 Å². The van der Waals surface area contributed by atoms with Gasteiger partial charge in [0.2, 0.25) is 11.8 Å². The topological polar surface area (TPSA) is 96.8 Å². The molecule has 4 rings (SSSR count). The second kappa shape index (κ2) is 9.30. The predicted molar refractivity (Wildman–Crippen MR) is 113 cm³/mol. The van der Waals surface area contributed by atoms with Gasteiger partial charge in [0.1, 0.15) is 0 Å². The Labute approximate surface area is 180 Å². The molecule has 0 bridgehead atoms. The van der Waals surface area contributed by atoms with Crippen LogP contribution in [0.3, 0.4) is 0 Å². The van der Waals surface area contributed by atoms with E-state index in [4.69, 9.17) is 4.74 Å². The summed E-state index contributed by atoms with van der Waals surface area (Å²) in [4.78, 5) is 41.4. The molecule has 9 heteroatoms. The number of carbonyl (C=O) groups is 3. The number of amides is 3. The number of carbonyl (C=O) groups excluding carboxylic acids is 3. The fourth-order valence-electron chi connectivity index (χ4n) is 4.04. The number of fused-ring (bicyclic) bond motifs is 1. The third-order valence-corrected chi connectivity index (χ3v) is 5.76. The smallest absolute Gasteiger partial charge is 0.276 e. The summed E-state index contributed by atoms with van der Waals surface area (Å²) < 4.78 is 6.99. The fourth-order valence-corrected chi connectivity index (χ4v) is 4.04. The van der Waals surface area contributed by atoms with Crippen LogP contribution in [0.25, 0.3) is 0 Å². The van der Waals surface area contributed by atoms with Crippen molar-refractivity contribution < 1.29 is 19.1 Å². The van der Waals surface area contributed by atoms with E-state index >= 15 is 0 Å². The zero-order valence-corrected chi connectivity index (χ0v) is 17.7. The molecule has 1 N–H and O–H groups in total. The van der Waals surface area contributed by atoms with Crippen LogP contribution in [0.5, 0.6) is 0 Å². The van der Waals surface area contributed by atoms with Gasteiger partial charge in [-0.2, -0.15) is 5.10 Å². The number of benzene rings is 1. The van der Waals surface area contributed by atoms with Crippen LogP contribution in [0.2, 0.25) is 0 Å². The maximum absolute atomic E-state index is 12.8. The number of para-hydroxylation sites is 1. The average molecular weight is 425 g/mol. The molecule has 3 amide bonds. The van der Waals surface area contributed by atoms with Crippen molar-refractivity contribution in [1.82, 2.24) is 19.6 Å². The van der Waals surface area contributed by atoms with Gasteiger partial charge in [0.15, 0.2) is 5.69 Å². The van der Waals surface area contributed by atoms with Crippen LogP contribution >= 0.6 is 0 Å². The lowest BCUT2D eigenvalue weighted by atomic mass is 10.0. The number of morpholine rings is 1. The summed E-state index contributed by atoms with van der Waals surface area (Å²) in [6, 6.07) is 9.21. The number of aromatic nitrogens is 2. The molecule has 0 spiro atoms. The first-order valence-corrected chi connectivity index (χ1v) is 10.6. The van der Waals surface area contributed by atoms with E-state index in [1.165, 1.54) is 0 Å². The predicted octanol–water partition coefficient (Wildman–Crippen LogP) is 1.20. The number of anilines is 1. The second-order valence-corrected chi connectivity index (χ2v) is 7.78. The van der Waals surface area contributed by atoms with E-state index < -0.39 is 0 Å². The van der Waals surface area contributed by atoms with Crippen LogP contribution in [-0.4, -0.2) is 70.1 Å². The third-order valence-electron chi connectivity index (χ3n) is 5.76. The van der Waals surface area contributed by atoms with E-state index in [2.05, 4.69) is 10.4 Å². The minimum absolute atomic E-state index is 0.0151. The van der Waals surface area contributed by atoms with Gasteiger partial charge in [0.25, 0.3) is 5.91 Å². The number of aryl methyl sites for hydroxylation is 1. The van der Waals surface area contributed by atoms with Crippen molar-refractivity contribution in [2.45, 2.75) is 25.8 Å². The van der Waals surface area contributed by atoms with Crippen molar-refractivity contribution in [3.8, 4) is 0 Å². The Hall–Kier alpha value is -3.20. The van der Waals surface area contributed by atoms with Crippen LogP contribution in [0.4, 0.5) is 5.69 Å². The highest BCUT2D eigenvalue weighted by Crippen LogP contribution is 2.24. The van der Waals surface area contributed by atoms with Gasteiger partial charge in [0.05, 0.1) is 13.2 Å². The van der Waals surface area contributed by atoms with E-state index in [1.807, 2.05) is 37.4 Å². The molecule has 164 valence electrons. The number of hydrogen-bond acceptors (Lipinski definition) is 5. The monoisotopic (exact) mass is 425 g/mol. The van der Waals surface area contributed by atoms with Crippen molar-refractivity contribution in [3.63, 3.8) is 0 Å². The molecule has 0 saturated carbocycles. The maximum Gasteiger partial charge on any atom is 0.276 e. The normalized spacial score (nSPS) is 16.0. The Bertz CT molecular complexity index is 966. The number of rotatable bonds is 5. The van der Waals surface area contributed by atoms with Crippen LogP contribution < -0.4 is 5.32 Å². The highest BCUT2D eigenvalue weighted by atomic mass is 16.5. The molecule has 1 saturated heterocycles. The summed E-state index contributed by atoms with van der Waals surface area (Å²) in [7, 11) is 1.82. The van der Waals surface area contributed by atoms with Gasteiger partial charge in [0, 0.05) is 69.4 Å². The molecule has 1 aromatic carbocycles. The summed E-state index contributed by atoms with van der Waals surface area (Å²) in [5.74, 6) is -0.385. The standard InChI is InChI=1S/C22H27N5O4/c1-25-18-9-10-27(20(29)8-7-19(28)26-11-13-31-14-12-26)15-17(18)21(24-25)22(30)23-16-5-3-2-4-6-16/h2-6H,7-15H2,1H3,(H,23,30). The Balaban J connectivity index is 1.39. The lowest BCUT2D eigenvalue weighted by Crippen LogP contribution is -2.41. The molecule has 31 heavy (non-hydrogen) atoms. The molecular formula is C22H27N5O4. The van der Waals surface area contributed by atoms with Crippen LogP contribution in [0.1, 0.15) is 34.6 Å². The van der Waals surface area contributed by atoms with Crippen LogP contribution in [0.15, 0.2) is 30.3 Å². The van der Waals surface area contributed by atoms with Gasteiger partial charge >= 0.3 is 0 Å². The molecule has 2 aliphatic rings. The molecule has 0 atom stereocenters. The summed E-state index contributed by atoms with van der Waals surface area (Å²) in [5, 5.41) is 7.28. The lowest BCUT2D eigenvalue weighted by Gasteiger charge is -2.29. The van der Waals surface area contributed by atoms with E-state index in [1.54, 1.807) is 14.5 Å². The molecule has 1 fully saturated rings. The maximum atomic E-state index is 12.8. The average Bonchev–Trinajstić information content (AvgIpc) is 3.14. The van der Waals surface area contributed by atoms with Crippen molar-refractivity contribution in [1.29, 1.82) is 0 Å². The Morgan fingerprint density at radius 2 is 1.68 bits per heavy atom. The minimum Gasteiger partial charge on any atom is -0.378 e. The van der Waals surface area contributed by atoms with Gasteiger partial charge in [-0.1, -0.05) is 18.2 Å². The second-order valence-electron chi connectivity index (χ2n) is 7.78. The van der Waals surface area contributed by atoms with Gasteiger partial charge < -0.3 is 19.9 Å². The molecule has 3 heterocycles. The largest absolute Gasteiger partial charge is 0.378 e. The van der Waals surface area contributed by atoms with E-state index in [0.29, 0.717) is 57.2 Å². The van der Waals surface area contributed by atoms with Gasteiger partial charge in [-0.05, 0) is 12.1 Å². The third kappa shape index (κ3) is 4.77. The fraction of sp³-hybridized carbons (Fsp3) is 0.455. The zero-order valence-electron chi connectivity index (χ0n) is 17.7. The van der Waals surface area contributed by atoms with Crippen molar-refractivity contribution in [2.75, 3.05) is 38.2 Å². The Morgan fingerprint density at radius 1 is 1.00 bits per heavy atom. The SMILES string of the molecule is Cn1nc(C(=O)Nc2ccccc2)c2c1CCN(C(=O)CCC(=O)N1CCOCC1)C2. The molecule has 1 aromatic heterocycles. The molecule has 0 aliphatic carbocycles. The Kier molecular flexibility index (Phi) is 6.31. The first-order valence-electron chi connectivity index (χ1n) is 10.6. The number of ether oxygens (including phenoxy) is 1. The van der Waals surface area contributed by atoms with Gasteiger partial charge in [-0.3, -0.25) is 19.1 Å². The summed E-state index contributed by atoms with van der Waals surface area (Å²) in [6.45, 7) is 3.13. The van der Waals surface area contributed by atoms with Crippen molar-refractivity contribution in [3.05, 3.63) is 47.3 Å². The van der Waals surface area contributed by atoms with Gasteiger partial charge in [-0.25, -0.2) is 0 Å².